The van der Waals surface area contributed by atoms with Crippen LogP contribution < -0.4 is 10.1 Å². The highest BCUT2D eigenvalue weighted by molar-refractivity contribution is 6.18. The van der Waals surface area contributed by atoms with E-state index in [0.717, 1.165) is 5.75 Å². The molecular formula is C14H20ClNO2. The van der Waals surface area contributed by atoms with E-state index in [1.165, 1.54) is 0 Å². The average molecular weight is 270 g/mol. The van der Waals surface area contributed by atoms with Gasteiger partial charge < -0.3 is 10.1 Å². The molecule has 4 heteroatoms. The first-order valence-electron chi connectivity index (χ1n) is 6.13. The lowest BCUT2D eigenvalue weighted by Gasteiger charge is -2.11. The number of alkyl halides is 1. The van der Waals surface area contributed by atoms with Crippen molar-refractivity contribution in [1.29, 1.82) is 0 Å². The van der Waals surface area contributed by atoms with E-state index >= 15 is 0 Å². The minimum Gasteiger partial charge on any atom is -0.491 e. The summed E-state index contributed by atoms with van der Waals surface area (Å²) in [5.74, 6) is 1.51. The zero-order valence-electron chi connectivity index (χ0n) is 11.1. The van der Waals surface area contributed by atoms with Crippen LogP contribution in [0.1, 0.15) is 31.1 Å². The summed E-state index contributed by atoms with van der Waals surface area (Å²) in [4.78, 5) is 11.8. The molecule has 1 aromatic rings. The first-order chi connectivity index (χ1) is 8.52. The van der Waals surface area contributed by atoms with Gasteiger partial charge in [0.15, 0.2) is 0 Å². The molecule has 0 aliphatic rings. The summed E-state index contributed by atoms with van der Waals surface area (Å²) in [6.07, 6.45) is 0.134. The minimum absolute atomic E-state index is 0.0805. The number of hydrogen-bond donors (Lipinski definition) is 1. The molecule has 0 saturated carbocycles. The molecule has 1 rings (SSSR count). The predicted molar refractivity (Wildman–Crippen MR) is 74.4 cm³/mol. The summed E-state index contributed by atoms with van der Waals surface area (Å²) < 4.78 is 5.52. The largest absolute Gasteiger partial charge is 0.491 e. The number of halogens is 1. The van der Waals surface area contributed by atoms with Crippen LogP contribution in [0.5, 0.6) is 5.75 Å². The van der Waals surface area contributed by atoms with Crippen molar-refractivity contribution >= 4 is 17.5 Å². The maximum Gasteiger partial charge on any atom is 0.251 e. The van der Waals surface area contributed by atoms with Crippen LogP contribution >= 0.6 is 11.6 Å². The first-order valence-corrected chi connectivity index (χ1v) is 6.67. The van der Waals surface area contributed by atoms with Gasteiger partial charge >= 0.3 is 0 Å². The van der Waals surface area contributed by atoms with Crippen molar-refractivity contribution < 1.29 is 9.53 Å². The quantitative estimate of drug-likeness (QED) is 0.806. The van der Waals surface area contributed by atoms with Gasteiger partial charge in [-0.25, -0.2) is 0 Å². The van der Waals surface area contributed by atoms with Crippen LogP contribution in [0.3, 0.4) is 0 Å². The van der Waals surface area contributed by atoms with Crippen LogP contribution in [0, 0.1) is 5.92 Å². The van der Waals surface area contributed by atoms with E-state index in [1.54, 1.807) is 24.3 Å². The van der Waals surface area contributed by atoms with Crippen molar-refractivity contribution in [2.24, 2.45) is 5.92 Å². The van der Waals surface area contributed by atoms with Crippen molar-refractivity contribution in [3.8, 4) is 5.75 Å². The minimum atomic E-state index is -0.0805. The molecule has 0 aliphatic heterocycles. The summed E-state index contributed by atoms with van der Waals surface area (Å²) >= 11 is 5.68. The van der Waals surface area contributed by atoms with Crippen LogP contribution in [0.25, 0.3) is 0 Å². The van der Waals surface area contributed by atoms with Crippen molar-refractivity contribution in [2.45, 2.75) is 26.9 Å². The second-order valence-corrected chi connectivity index (χ2v) is 4.97. The molecule has 1 amide bonds. The van der Waals surface area contributed by atoms with E-state index in [2.05, 4.69) is 5.32 Å². The van der Waals surface area contributed by atoms with Gasteiger partial charge in [-0.1, -0.05) is 6.92 Å². The third-order valence-corrected chi connectivity index (χ3v) is 2.89. The molecular weight excluding hydrogens is 250 g/mol. The van der Waals surface area contributed by atoms with Gasteiger partial charge in [-0.05, 0) is 44.0 Å². The van der Waals surface area contributed by atoms with Gasteiger partial charge in [0.1, 0.15) is 5.75 Å². The van der Waals surface area contributed by atoms with Gasteiger partial charge in [-0.3, -0.25) is 4.79 Å². The number of rotatable bonds is 6. The van der Waals surface area contributed by atoms with Gasteiger partial charge in [0, 0.05) is 18.0 Å². The van der Waals surface area contributed by atoms with Gasteiger partial charge in [0.05, 0.1) is 6.10 Å². The van der Waals surface area contributed by atoms with E-state index in [0.29, 0.717) is 18.0 Å². The number of benzene rings is 1. The number of carbonyl (C=O) groups excluding carboxylic acids is 1. The number of carbonyl (C=O) groups is 1. The molecule has 3 nitrogen and oxygen atoms in total. The zero-order chi connectivity index (χ0) is 13.5. The normalized spacial score (nSPS) is 12.3. The lowest BCUT2D eigenvalue weighted by Crippen LogP contribution is -2.28. The van der Waals surface area contributed by atoms with E-state index < -0.39 is 0 Å². The summed E-state index contributed by atoms with van der Waals surface area (Å²) in [5.41, 5.74) is 0.632. The smallest absolute Gasteiger partial charge is 0.251 e. The Labute approximate surface area is 113 Å². The molecule has 0 aromatic heterocycles. The molecule has 0 saturated heterocycles. The number of nitrogens with one attached hydrogen (secondary N) is 1. The topological polar surface area (TPSA) is 38.3 Å². The highest BCUT2D eigenvalue weighted by Crippen LogP contribution is 2.13. The molecule has 1 unspecified atom stereocenters. The summed E-state index contributed by atoms with van der Waals surface area (Å²) in [5, 5.41) is 2.85. The third kappa shape index (κ3) is 4.96. The fourth-order valence-corrected chi connectivity index (χ4v) is 1.49. The van der Waals surface area contributed by atoms with Gasteiger partial charge in [-0.2, -0.15) is 0 Å². The Hall–Kier alpha value is -1.22. The number of hydrogen-bond acceptors (Lipinski definition) is 2. The summed E-state index contributed by atoms with van der Waals surface area (Å²) in [6.45, 7) is 6.52. The second-order valence-electron chi connectivity index (χ2n) is 4.66. The molecule has 0 aliphatic carbocycles. The van der Waals surface area contributed by atoms with Crippen LogP contribution in [0.15, 0.2) is 24.3 Å². The van der Waals surface area contributed by atoms with Crippen molar-refractivity contribution in [3.63, 3.8) is 0 Å². The molecule has 0 heterocycles. The maximum absolute atomic E-state index is 11.8. The Kier molecular flexibility index (Phi) is 5.99. The van der Waals surface area contributed by atoms with Gasteiger partial charge in [0.2, 0.25) is 0 Å². The molecule has 0 bridgehead atoms. The predicted octanol–water partition coefficient (Wildman–Crippen LogP) is 3.08. The summed E-state index contributed by atoms with van der Waals surface area (Å²) in [7, 11) is 0. The Bertz CT molecular complexity index is 376. The molecule has 18 heavy (non-hydrogen) atoms. The van der Waals surface area contributed by atoms with E-state index in [-0.39, 0.29) is 17.9 Å². The van der Waals surface area contributed by atoms with Gasteiger partial charge in [0.25, 0.3) is 5.91 Å². The van der Waals surface area contributed by atoms with E-state index in [9.17, 15) is 4.79 Å². The average Bonchev–Trinajstić information content (AvgIpc) is 2.35. The molecule has 1 N–H and O–H groups in total. The fourth-order valence-electron chi connectivity index (χ4n) is 1.38. The van der Waals surface area contributed by atoms with Gasteiger partial charge in [-0.15, -0.1) is 11.6 Å². The Morgan fingerprint density at radius 3 is 2.39 bits per heavy atom. The lowest BCUT2D eigenvalue weighted by molar-refractivity contribution is 0.0949. The highest BCUT2D eigenvalue weighted by Gasteiger charge is 2.07. The standard InChI is InChI=1S/C14H20ClNO2/c1-10(2)18-13-6-4-12(5-7-13)14(17)16-9-11(3)8-15/h4-7,10-11H,8-9H2,1-3H3,(H,16,17). The molecule has 1 aromatic carbocycles. The van der Waals surface area contributed by atoms with Crippen LogP contribution in [0.4, 0.5) is 0 Å². The zero-order valence-corrected chi connectivity index (χ0v) is 11.8. The SMILES string of the molecule is CC(CCl)CNC(=O)c1ccc(OC(C)C)cc1. The number of ether oxygens (including phenoxy) is 1. The van der Waals surface area contributed by atoms with Crippen LogP contribution in [-0.2, 0) is 0 Å². The van der Waals surface area contributed by atoms with Crippen molar-refractivity contribution in [2.75, 3.05) is 12.4 Å². The van der Waals surface area contributed by atoms with Crippen molar-refractivity contribution in [3.05, 3.63) is 29.8 Å². The molecule has 0 radical (unpaired) electrons. The Morgan fingerprint density at radius 1 is 1.28 bits per heavy atom. The molecule has 1 atom stereocenters. The van der Waals surface area contributed by atoms with Crippen LogP contribution in [0.2, 0.25) is 0 Å². The maximum atomic E-state index is 11.8. The Morgan fingerprint density at radius 2 is 1.89 bits per heavy atom. The third-order valence-electron chi connectivity index (χ3n) is 2.36. The fraction of sp³-hybridized carbons (Fsp3) is 0.500. The van der Waals surface area contributed by atoms with E-state index in [1.807, 2.05) is 20.8 Å². The van der Waals surface area contributed by atoms with Crippen molar-refractivity contribution in [1.82, 2.24) is 5.32 Å². The Balaban J connectivity index is 2.53. The summed E-state index contributed by atoms with van der Waals surface area (Å²) in [6, 6.07) is 7.14. The first kappa shape index (κ1) is 14.8. The number of amides is 1. The van der Waals surface area contributed by atoms with Crippen LogP contribution in [-0.4, -0.2) is 24.4 Å². The second kappa shape index (κ2) is 7.27. The molecule has 100 valence electrons. The molecule has 0 fully saturated rings. The lowest BCUT2D eigenvalue weighted by atomic mass is 10.2. The van der Waals surface area contributed by atoms with E-state index in [4.69, 9.17) is 16.3 Å². The molecule has 0 spiro atoms. The highest BCUT2D eigenvalue weighted by atomic mass is 35.5. The monoisotopic (exact) mass is 269 g/mol.